The van der Waals surface area contributed by atoms with Crippen molar-refractivity contribution >= 4 is 41.1 Å². The normalized spacial score (nSPS) is 20.6. The average molecular weight is 463 g/mol. The van der Waals surface area contributed by atoms with Gasteiger partial charge in [0.05, 0.1) is 15.6 Å². The molecule has 8 heteroatoms. The molecule has 2 heterocycles. The lowest BCUT2D eigenvalue weighted by molar-refractivity contribution is 0.0341. The van der Waals surface area contributed by atoms with E-state index >= 15 is 0 Å². The van der Waals surface area contributed by atoms with E-state index in [1.165, 1.54) is 12.1 Å². The summed E-state index contributed by atoms with van der Waals surface area (Å²) in [5.41, 5.74) is 0.189. The highest BCUT2D eigenvalue weighted by Gasteiger charge is 2.37. The molecule has 29 heavy (non-hydrogen) atoms. The van der Waals surface area contributed by atoms with Crippen LogP contribution in [0.1, 0.15) is 49.4 Å². The number of carbonyl (C=O) groups is 1. The van der Waals surface area contributed by atoms with Crippen molar-refractivity contribution in [2.24, 2.45) is 11.3 Å². The first kappa shape index (κ1) is 23.1. The van der Waals surface area contributed by atoms with Crippen LogP contribution in [-0.2, 0) is 4.74 Å². The molecular formula is C21H29Cl2FN2O2S. The summed E-state index contributed by atoms with van der Waals surface area (Å²) in [6.45, 7) is 6.44. The molecule has 1 aromatic rings. The second-order valence-corrected chi connectivity index (χ2v) is 10.1. The molecule has 2 fully saturated rings. The Balaban J connectivity index is 1.68. The van der Waals surface area contributed by atoms with Crippen LogP contribution in [0.25, 0.3) is 0 Å². The molecule has 1 N–H and O–H groups in total. The third-order valence-corrected chi connectivity index (χ3v) is 7.71. The van der Waals surface area contributed by atoms with Gasteiger partial charge in [0, 0.05) is 38.6 Å². The van der Waals surface area contributed by atoms with Crippen molar-refractivity contribution in [1.29, 1.82) is 0 Å². The average Bonchev–Trinajstić information content (AvgIpc) is 2.73. The zero-order valence-electron chi connectivity index (χ0n) is 16.8. The second-order valence-electron chi connectivity index (χ2n) is 8.01. The molecule has 0 unspecified atom stereocenters. The van der Waals surface area contributed by atoms with E-state index < -0.39 is 5.82 Å². The Morgan fingerprint density at radius 2 is 2.00 bits per heavy atom. The van der Waals surface area contributed by atoms with Crippen LogP contribution in [0.2, 0.25) is 10.0 Å². The van der Waals surface area contributed by atoms with E-state index in [0.717, 1.165) is 64.2 Å². The first-order chi connectivity index (χ1) is 13.9. The minimum Gasteiger partial charge on any atom is -0.381 e. The SMILES string of the molecule is CCSN1CCC(CNC(=O)c2ccc(Cl)c(F)c2Cl)(CC2CCOCC2)CC1. The predicted molar refractivity (Wildman–Crippen MR) is 118 cm³/mol. The van der Waals surface area contributed by atoms with Gasteiger partial charge in [0.25, 0.3) is 5.91 Å². The number of carbonyl (C=O) groups excluding carboxylic acids is 1. The lowest BCUT2D eigenvalue weighted by Gasteiger charge is -2.44. The molecule has 0 atom stereocenters. The van der Waals surface area contributed by atoms with Crippen molar-refractivity contribution in [2.45, 2.75) is 39.0 Å². The maximum Gasteiger partial charge on any atom is 0.252 e. The molecule has 1 amide bonds. The first-order valence-electron chi connectivity index (χ1n) is 10.3. The van der Waals surface area contributed by atoms with Crippen molar-refractivity contribution in [3.8, 4) is 0 Å². The lowest BCUT2D eigenvalue weighted by atomic mass is 9.71. The maximum atomic E-state index is 14.0. The van der Waals surface area contributed by atoms with Crippen molar-refractivity contribution in [3.63, 3.8) is 0 Å². The highest BCUT2D eigenvalue weighted by Crippen LogP contribution is 2.41. The van der Waals surface area contributed by atoms with Crippen LogP contribution >= 0.6 is 35.1 Å². The third-order valence-electron chi connectivity index (χ3n) is 6.06. The van der Waals surface area contributed by atoms with Gasteiger partial charge in [-0.3, -0.25) is 9.10 Å². The molecule has 0 bridgehead atoms. The summed E-state index contributed by atoms with van der Waals surface area (Å²) in [6.07, 6.45) is 5.33. The second kappa shape index (κ2) is 10.7. The van der Waals surface area contributed by atoms with E-state index in [1.807, 2.05) is 11.9 Å². The Kier molecular flexibility index (Phi) is 8.51. The van der Waals surface area contributed by atoms with E-state index in [0.29, 0.717) is 12.5 Å². The summed E-state index contributed by atoms with van der Waals surface area (Å²) in [5.74, 6) is 0.609. The summed E-state index contributed by atoms with van der Waals surface area (Å²) in [4.78, 5) is 12.7. The summed E-state index contributed by atoms with van der Waals surface area (Å²) in [7, 11) is 0. The molecule has 0 radical (unpaired) electrons. The van der Waals surface area contributed by atoms with E-state index in [9.17, 15) is 9.18 Å². The van der Waals surface area contributed by atoms with Crippen molar-refractivity contribution in [2.75, 3.05) is 38.6 Å². The van der Waals surface area contributed by atoms with Gasteiger partial charge in [0.15, 0.2) is 5.82 Å². The number of rotatable bonds is 7. The fraction of sp³-hybridized carbons (Fsp3) is 0.667. The molecule has 0 spiro atoms. The molecule has 2 saturated heterocycles. The molecular weight excluding hydrogens is 434 g/mol. The zero-order chi connectivity index (χ0) is 20.9. The summed E-state index contributed by atoms with van der Waals surface area (Å²) in [5, 5.41) is 2.74. The third kappa shape index (κ3) is 6.01. The Hall–Kier alpha value is -0.530. The number of hydrogen-bond acceptors (Lipinski definition) is 4. The molecule has 2 aliphatic rings. The van der Waals surface area contributed by atoms with Crippen LogP contribution in [0.5, 0.6) is 0 Å². The van der Waals surface area contributed by atoms with Crippen molar-refractivity contribution < 1.29 is 13.9 Å². The van der Waals surface area contributed by atoms with Gasteiger partial charge in [-0.25, -0.2) is 4.39 Å². The van der Waals surface area contributed by atoms with E-state index in [2.05, 4.69) is 16.5 Å². The Morgan fingerprint density at radius 1 is 1.31 bits per heavy atom. The van der Waals surface area contributed by atoms with Crippen LogP contribution in [-0.4, -0.2) is 48.8 Å². The number of piperidine rings is 1. The minimum atomic E-state index is -0.747. The van der Waals surface area contributed by atoms with Crippen LogP contribution in [0.4, 0.5) is 4.39 Å². The highest BCUT2D eigenvalue weighted by atomic mass is 35.5. The molecule has 1 aromatic carbocycles. The van der Waals surface area contributed by atoms with Gasteiger partial charge in [-0.15, -0.1) is 0 Å². The standard InChI is InChI=1S/C21H29Cl2FN2O2S/c1-2-29-26-9-7-21(8-10-26,13-15-5-11-28-12-6-15)14-25-20(27)16-3-4-17(22)19(24)18(16)23/h3-4,15H,2,5-14H2,1H3,(H,25,27). The van der Waals surface area contributed by atoms with Gasteiger partial charge < -0.3 is 10.1 Å². The molecule has 0 saturated carbocycles. The summed E-state index contributed by atoms with van der Waals surface area (Å²) in [6, 6.07) is 2.85. The predicted octanol–water partition coefficient (Wildman–Crippen LogP) is 5.43. The van der Waals surface area contributed by atoms with Crippen LogP contribution < -0.4 is 5.32 Å². The van der Waals surface area contributed by atoms with Gasteiger partial charge in [-0.2, -0.15) is 0 Å². The summed E-state index contributed by atoms with van der Waals surface area (Å²) >= 11 is 13.6. The van der Waals surface area contributed by atoms with Gasteiger partial charge >= 0.3 is 0 Å². The van der Waals surface area contributed by atoms with Gasteiger partial charge in [0.2, 0.25) is 0 Å². The van der Waals surface area contributed by atoms with E-state index in [4.69, 9.17) is 27.9 Å². The molecule has 162 valence electrons. The zero-order valence-corrected chi connectivity index (χ0v) is 19.1. The number of amides is 1. The first-order valence-corrected chi connectivity index (χ1v) is 12.0. The van der Waals surface area contributed by atoms with Crippen LogP contribution in [0.15, 0.2) is 12.1 Å². The van der Waals surface area contributed by atoms with E-state index in [1.54, 1.807) is 0 Å². The monoisotopic (exact) mass is 462 g/mol. The molecule has 3 rings (SSSR count). The highest BCUT2D eigenvalue weighted by molar-refractivity contribution is 7.96. The molecule has 4 nitrogen and oxygen atoms in total. The number of nitrogens with zero attached hydrogens (tertiary/aromatic N) is 1. The van der Waals surface area contributed by atoms with Gasteiger partial charge in [-0.1, -0.05) is 42.1 Å². The topological polar surface area (TPSA) is 41.6 Å². The summed E-state index contributed by atoms with van der Waals surface area (Å²) < 4.78 is 21.9. The van der Waals surface area contributed by atoms with Gasteiger partial charge in [-0.05, 0) is 55.6 Å². The number of halogens is 3. The fourth-order valence-corrected chi connectivity index (χ4v) is 5.61. The molecule has 2 aliphatic heterocycles. The number of hydrogen-bond donors (Lipinski definition) is 1. The van der Waals surface area contributed by atoms with Crippen molar-refractivity contribution in [3.05, 3.63) is 33.6 Å². The Bertz CT molecular complexity index is 708. The smallest absolute Gasteiger partial charge is 0.252 e. The molecule has 0 aliphatic carbocycles. The Morgan fingerprint density at radius 3 is 2.66 bits per heavy atom. The van der Waals surface area contributed by atoms with Crippen LogP contribution in [0.3, 0.4) is 0 Å². The van der Waals surface area contributed by atoms with Gasteiger partial charge in [0.1, 0.15) is 0 Å². The fourth-order valence-electron chi connectivity index (χ4n) is 4.35. The lowest BCUT2D eigenvalue weighted by Crippen LogP contribution is -2.46. The number of nitrogens with one attached hydrogen (secondary N) is 1. The molecule has 0 aromatic heterocycles. The maximum absolute atomic E-state index is 14.0. The van der Waals surface area contributed by atoms with Crippen LogP contribution in [0, 0.1) is 17.2 Å². The number of benzene rings is 1. The quantitative estimate of drug-likeness (QED) is 0.433. The van der Waals surface area contributed by atoms with E-state index in [-0.39, 0.29) is 26.9 Å². The largest absolute Gasteiger partial charge is 0.381 e. The Labute approximate surface area is 187 Å². The number of ether oxygens (including phenoxy) is 1. The van der Waals surface area contributed by atoms with Crippen molar-refractivity contribution in [1.82, 2.24) is 9.62 Å². The minimum absolute atomic E-state index is 0.0555.